The van der Waals surface area contributed by atoms with E-state index in [0.29, 0.717) is 4.88 Å². The first-order chi connectivity index (χ1) is 11.2. The second-order valence-electron chi connectivity index (χ2n) is 5.70. The Morgan fingerprint density at radius 2 is 2.17 bits per heavy atom. The van der Waals surface area contributed by atoms with Crippen LogP contribution in [0.15, 0.2) is 18.5 Å². The highest BCUT2D eigenvalue weighted by Gasteiger charge is 2.24. The normalized spacial score (nSPS) is 15.6. The van der Waals surface area contributed by atoms with Gasteiger partial charge in [0.1, 0.15) is 4.88 Å². The monoisotopic (exact) mass is 331 g/mol. The summed E-state index contributed by atoms with van der Waals surface area (Å²) < 4.78 is 3.93. The summed E-state index contributed by atoms with van der Waals surface area (Å²) in [6.45, 7) is 7.37. The van der Waals surface area contributed by atoms with E-state index in [1.165, 1.54) is 22.8 Å². The number of hydrogen-bond donors (Lipinski definition) is 0. The van der Waals surface area contributed by atoms with Crippen LogP contribution >= 0.6 is 11.5 Å². The van der Waals surface area contributed by atoms with Crippen LogP contribution < -0.4 is 4.90 Å². The van der Waals surface area contributed by atoms with Crippen molar-refractivity contribution in [3.05, 3.63) is 34.6 Å². The van der Waals surface area contributed by atoms with Gasteiger partial charge < -0.3 is 9.80 Å². The summed E-state index contributed by atoms with van der Waals surface area (Å²) in [5, 5.41) is 4.05. The van der Waals surface area contributed by atoms with Gasteiger partial charge in [0.25, 0.3) is 5.91 Å². The summed E-state index contributed by atoms with van der Waals surface area (Å²) in [5.41, 5.74) is 3.20. The maximum Gasteiger partial charge on any atom is 0.267 e. The fraction of sp³-hybridized carbons (Fsp3) is 0.500. The van der Waals surface area contributed by atoms with Crippen molar-refractivity contribution < 1.29 is 4.79 Å². The molecule has 2 aromatic heterocycles. The predicted molar refractivity (Wildman–Crippen MR) is 91.0 cm³/mol. The standard InChI is InChI=1S/C16H21N5OS/c1-3-13-15(23-19-18-13)16(22)21-8-4-7-20(9-10-21)14-5-6-17-11-12(14)2/h5-6,11H,3-4,7-10H2,1-2H3. The van der Waals surface area contributed by atoms with Crippen molar-refractivity contribution in [1.82, 2.24) is 19.5 Å². The van der Waals surface area contributed by atoms with Gasteiger partial charge in [-0.25, -0.2) is 0 Å². The lowest BCUT2D eigenvalue weighted by molar-refractivity contribution is 0.0770. The Labute approximate surface area is 140 Å². The smallest absolute Gasteiger partial charge is 0.267 e. The molecule has 3 heterocycles. The Morgan fingerprint density at radius 3 is 2.96 bits per heavy atom. The van der Waals surface area contributed by atoms with Gasteiger partial charge in [-0.1, -0.05) is 11.4 Å². The van der Waals surface area contributed by atoms with Gasteiger partial charge in [0.15, 0.2) is 0 Å². The van der Waals surface area contributed by atoms with Gasteiger partial charge in [-0.2, -0.15) is 0 Å². The molecule has 0 unspecified atom stereocenters. The molecule has 1 fully saturated rings. The third-order valence-electron chi connectivity index (χ3n) is 4.20. The van der Waals surface area contributed by atoms with Gasteiger partial charge in [0, 0.05) is 44.3 Å². The van der Waals surface area contributed by atoms with Gasteiger partial charge in [0.2, 0.25) is 0 Å². The largest absolute Gasteiger partial charge is 0.369 e. The zero-order chi connectivity index (χ0) is 16.2. The summed E-state index contributed by atoms with van der Waals surface area (Å²) in [7, 11) is 0. The molecule has 3 rings (SSSR count). The van der Waals surface area contributed by atoms with E-state index in [0.717, 1.165) is 44.7 Å². The lowest BCUT2D eigenvalue weighted by atomic mass is 10.2. The van der Waals surface area contributed by atoms with Gasteiger partial charge >= 0.3 is 0 Å². The lowest BCUT2D eigenvalue weighted by Gasteiger charge is -2.24. The number of carbonyl (C=O) groups excluding carboxylic acids is 1. The lowest BCUT2D eigenvalue weighted by Crippen LogP contribution is -2.35. The molecule has 7 heteroatoms. The molecule has 1 saturated heterocycles. The van der Waals surface area contributed by atoms with E-state index in [-0.39, 0.29) is 5.91 Å². The predicted octanol–water partition coefficient (Wildman–Crippen LogP) is 2.16. The van der Waals surface area contributed by atoms with E-state index in [1.54, 1.807) is 0 Å². The molecule has 0 radical (unpaired) electrons. The second kappa shape index (κ2) is 7.04. The molecule has 6 nitrogen and oxygen atoms in total. The Kier molecular flexibility index (Phi) is 4.85. The van der Waals surface area contributed by atoms with Crippen molar-refractivity contribution in [2.24, 2.45) is 0 Å². The molecule has 1 aliphatic rings. The van der Waals surface area contributed by atoms with E-state index in [1.807, 2.05) is 24.2 Å². The Bertz CT molecular complexity index is 687. The molecular formula is C16H21N5OS. The average Bonchev–Trinajstić information content (AvgIpc) is 2.91. The molecular weight excluding hydrogens is 310 g/mol. The summed E-state index contributed by atoms with van der Waals surface area (Å²) in [4.78, 5) is 21.9. The molecule has 0 aromatic carbocycles. The first-order valence-corrected chi connectivity index (χ1v) is 8.74. The number of pyridine rings is 1. The number of aromatic nitrogens is 3. The Morgan fingerprint density at radius 1 is 1.30 bits per heavy atom. The van der Waals surface area contributed by atoms with Crippen LogP contribution in [0.4, 0.5) is 5.69 Å². The molecule has 122 valence electrons. The molecule has 0 aliphatic carbocycles. The van der Waals surface area contributed by atoms with E-state index >= 15 is 0 Å². The minimum atomic E-state index is 0.0742. The molecule has 0 bridgehead atoms. The fourth-order valence-electron chi connectivity index (χ4n) is 2.93. The topological polar surface area (TPSA) is 62.2 Å². The van der Waals surface area contributed by atoms with Crippen molar-refractivity contribution in [3.63, 3.8) is 0 Å². The maximum atomic E-state index is 12.7. The van der Waals surface area contributed by atoms with Crippen LogP contribution in [0, 0.1) is 6.92 Å². The molecule has 23 heavy (non-hydrogen) atoms. The summed E-state index contributed by atoms with van der Waals surface area (Å²) in [6, 6.07) is 2.05. The highest BCUT2D eigenvalue weighted by Crippen LogP contribution is 2.21. The van der Waals surface area contributed by atoms with E-state index < -0.39 is 0 Å². The zero-order valence-electron chi connectivity index (χ0n) is 13.5. The quantitative estimate of drug-likeness (QED) is 0.862. The summed E-state index contributed by atoms with van der Waals surface area (Å²) in [5.74, 6) is 0.0742. The number of carbonyl (C=O) groups is 1. The van der Waals surface area contributed by atoms with Crippen molar-refractivity contribution in [2.75, 3.05) is 31.1 Å². The van der Waals surface area contributed by atoms with Crippen molar-refractivity contribution in [1.29, 1.82) is 0 Å². The number of aryl methyl sites for hydroxylation is 2. The number of rotatable bonds is 3. The number of anilines is 1. The first kappa shape index (κ1) is 15.9. The van der Waals surface area contributed by atoms with Crippen LogP contribution in [-0.2, 0) is 6.42 Å². The van der Waals surface area contributed by atoms with E-state index in [4.69, 9.17) is 0 Å². The minimum Gasteiger partial charge on any atom is -0.369 e. The third kappa shape index (κ3) is 3.34. The Balaban J connectivity index is 1.71. The highest BCUT2D eigenvalue weighted by atomic mass is 32.1. The van der Waals surface area contributed by atoms with Gasteiger partial charge in [0.05, 0.1) is 5.69 Å². The van der Waals surface area contributed by atoms with Crippen LogP contribution in [0.5, 0.6) is 0 Å². The van der Waals surface area contributed by atoms with Crippen LogP contribution in [-0.4, -0.2) is 51.6 Å². The van der Waals surface area contributed by atoms with Crippen LogP contribution in [0.1, 0.15) is 34.3 Å². The molecule has 0 spiro atoms. The third-order valence-corrected chi connectivity index (χ3v) is 4.96. The van der Waals surface area contributed by atoms with Crippen LogP contribution in [0.3, 0.4) is 0 Å². The van der Waals surface area contributed by atoms with E-state index in [2.05, 4.69) is 32.5 Å². The molecule has 1 amide bonds. The van der Waals surface area contributed by atoms with Crippen molar-refractivity contribution in [2.45, 2.75) is 26.7 Å². The molecule has 0 atom stereocenters. The van der Waals surface area contributed by atoms with Crippen LogP contribution in [0.25, 0.3) is 0 Å². The maximum absolute atomic E-state index is 12.7. The number of amides is 1. The number of nitrogens with zero attached hydrogens (tertiary/aromatic N) is 5. The molecule has 0 saturated carbocycles. The number of hydrogen-bond acceptors (Lipinski definition) is 6. The average molecular weight is 331 g/mol. The van der Waals surface area contributed by atoms with Crippen LogP contribution in [0.2, 0.25) is 0 Å². The highest BCUT2D eigenvalue weighted by molar-refractivity contribution is 7.08. The zero-order valence-corrected chi connectivity index (χ0v) is 14.3. The van der Waals surface area contributed by atoms with Gasteiger partial charge in [-0.3, -0.25) is 9.78 Å². The molecule has 1 aliphatic heterocycles. The van der Waals surface area contributed by atoms with Gasteiger partial charge in [-0.05, 0) is 42.9 Å². The van der Waals surface area contributed by atoms with Gasteiger partial charge in [-0.15, -0.1) is 5.10 Å². The minimum absolute atomic E-state index is 0.0742. The molecule has 2 aromatic rings. The summed E-state index contributed by atoms with van der Waals surface area (Å²) in [6.07, 6.45) is 5.42. The molecule has 0 N–H and O–H groups in total. The van der Waals surface area contributed by atoms with Crippen molar-refractivity contribution >= 4 is 23.1 Å². The Hall–Kier alpha value is -2.02. The SMILES string of the molecule is CCc1nnsc1C(=O)N1CCCN(c2ccncc2C)CC1. The van der Waals surface area contributed by atoms with Crippen molar-refractivity contribution in [3.8, 4) is 0 Å². The first-order valence-electron chi connectivity index (χ1n) is 7.96. The summed E-state index contributed by atoms with van der Waals surface area (Å²) >= 11 is 1.21. The fourth-order valence-corrected chi connectivity index (χ4v) is 3.65. The second-order valence-corrected chi connectivity index (χ2v) is 6.45. The van der Waals surface area contributed by atoms with E-state index in [9.17, 15) is 4.79 Å².